The van der Waals surface area contributed by atoms with Gasteiger partial charge in [0.25, 0.3) is 0 Å². The van der Waals surface area contributed by atoms with Crippen LogP contribution in [0, 0.1) is 3.57 Å². The normalized spacial score (nSPS) is 10.8. The van der Waals surface area contributed by atoms with Gasteiger partial charge in [-0.3, -0.25) is 0 Å². The molecule has 0 aliphatic carbocycles. The van der Waals surface area contributed by atoms with Crippen molar-refractivity contribution in [2.45, 2.75) is 19.9 Å². The topological polar surface area (TPSA) is 27.1 Å². The molecule has 0 bridgehead atoms. The van der Waals surface area contributed by atoms with Crippen molar-refractivity contribution in [1.29, 1.82) is 0 Å². The monoisotopic (exact) mass is 356 g/mol. The van der Waals surface area contributed by atoms with E-state index in [9.17, 15) is 0 Å². The molecule has 0 aliphatic heterocycles. The maximum Gasteiger partial charge on any atom is 0.139 e. The number of halogens is 1. The number of aryl methyl sites for hydroxylation is 1. The third kappa shape index (κ3) is 3.55. The molecule has 0 aliphatic rings. The maximum absolute atomic E-state index is 5.36. The second kappa shape index (κ2) is 6.89. The third-order valence-corrected chi connectivity index (χ3v) is 3.36. The van der Waals surface area contributed by atoms with Crippen LogP contribution in [0.25, 0.3) is 11.4 Å². The fraction of sp³-hybridized carbons (Fsp3) is 0.357. The zero-order valence-electron chi connectivity index (χ0n) is 10.5. The Morgan fingerprint density at radius 3 is 3.06 bits per heavy atom. The number of hydrogen-bond acceptors (Lipinski definition) is 2. The number of rotatable bonds is 6. The summed E-state index contributed by atoms with van der Waals surface area (Å²) < 4.78 is 8.78. The summed E-state index contributed by atoms with van der Waals surface area (Å²) in [5, 5.41) is 0. The summed E-state index contributed by atoms with van der Waals surface area (Å²) in [6.07, 6.45) is 4.90. The standard InChI is InChI=1S/C14H17IN2O/c1-2-18-10-4-8-17-9-7-16-14(17)12-5-3-6-13(15)11-12/h3,5-7,9,11H,2,4,8,10H2,1H3. The molecule has 0 atom stereocenters. The van der Waals surface area contributed by atoms with Crippen molar-refractivity contribution in [2.75, 3.05) is 13.2 Å². The SMILES string of the molecule is CCOCCCn1ccnc1-c1cccc(I)c1. The van der Waals surface area contributed by atoms with Crippen LogP contribution in [0.3, 0.4) is 0 Å². The largest absolute Gasteiger partial charge is 0.382 e. The zero-order valence-corrected chi connectivity index (χ0v) is 12.6. The first-order chi connectivity index (χ1) is 8.81. The van der Waals surface area contributed by atoms with Crippen molar-refractivity contribution in [3.63, 3.8) is 0 Å². The molecule has 0 amide bonds. The quantitative estimate of drug-likeness (QED) is 0.584. The van der Waals surface area contributed by atoms with E-state index in [4.69, 9.17) is 4.74 Å². The summed E-state index contributed by atoms with van der Waals surface area (Å²) in [4.78, 5) is 4.45. The second-order valence-corrected chi connectivity index (χ2v) is 5.25. The van der Waals surface area contributed by atoms with E-state index in [2.05, 4.69) is 56.4 Å². The molecule has 3 nitrogen and oxygen atoms in total. The summed E-state index contributed by atoms with van der Waals surface area (Å²) in [6, 6.07) is 8.41. The molecule has 2 aromatic rings. The fourth-order valence-corrected chi connectivity index (χ4v) is 2.40. The Balaban J connectivity index is 2.08. The lowest BCUT2D eigenvalue weighted by molar-refractivity contribution is 0.142. The van der Waals surface area contributed by atoms with Gasteiger partial charge in [-0.25, -0.2) is 4.98 Å². The average molecular weight is 356 g/mol. The second-order valence-electron chi connectivity index (χ2n) is 4.01. The van der Waals surface area contributed by atoms with Crippen molar-refractivity contribution in [3.05, 3.63) is 40.2 Å². The molecule has 4 heteroatoms. The lowest BCUT2D eigenvalue weighted by Crippen LogP contribution is -2.03. The Bertz CT molecular complexity index is 496. The predicted octanol–water partition coefficient (Wildman–Crippen LogP) is 3.58. The van der Waals surface area contributed by atoms with Crippen LogP contribution in [-0.4, -0.2) is 22.8 Å². The van der Waals surface area contributed by atoms with Crippen molar-refractivity contribution in [2.24, 2.45) is 0 Å². The lowest BCUT2D eigenvalue weighted by Gasteiger charge is -2.08. The van der Waals surface area contributed by atoms with Gasteiger partial charge in [0.1, 0.15) is 5.82 Å². The minimum atomic E-state index is 0.785. The van der Waals surface area contributed by atoms with Crippen LogP contribution in [0.5, 0.6) is 0 Å². The predicted molar refractivity (Wildman–Crippen MR) is 81.5 cm³/mol. The molecule has 2 rings (SSSR count). The van der Waals surface area contributed by atoms with Crippen LogP contribution in [0.4, 0.5) is 0 Å². The number of benzene rings is 1. The molecular weight excluding hydrogens is 339 g/mol. The highest BCUT2D eigenvalue weighted by Crippen LogP contribution is 2.19. The van der Waals surface area contributed by atoms with E-state index in [-0.39, 0.29) is 0 Å². The fourth-order valence-electron chi connectivity index (χ4n) is 1.86. The summed E-state index contributed by atoms with van der Waals surface area (Å²) in [5.74, 6) is 1.03. The van der Waals surface area contributed by atoms with Gasteiger partial charge >= 0.3 is 0 Å². The van der Waals surface area contributed by atoms with E-state index < -0.39 is 0 Å². The summed E-state index contributed by atoms with van der Waals surface area (Å²) in [6.45, 7) is 4.56. The zero-order chi connectivity index (χ0) is 12.8. The molecule has 0 spiro atoms. The van der Waals surface area contributed by atoms with E-state index in [0.717, 1.165) is 32.0 Å². The van der Waals surface area contributed by atoms with Crippen molar-refractivity contribution < 1.29 is 4.74 Å². The van der Waals surface area contributed by atoms with Gasteiger partial charge in [0.2, 0.25) is 0 Å². The van der Waals surface area contributed by atoms with Gasteiger partial charge in [-0.2, -0.15) is 0 Å². The van der Waals surface area contributed by atoms with E-state index in [1.54, 1.807) is 0 Å². The minimum absolute atomic E-state index is 0.785. The van der Waals surface area contributed by atoms with Gasteiger partial charge < -0.3 is 9.30 Å². The highest BCUT2D eigenvalue weighted by Gasteiger charge is 2.05. The van der Waals surface area contributed by atoms with Crippen LogP contribution < -0.4 is 0 Å². The summed E-state index contributed by atoms with van der Waals surface area (Å²) >= 11 is 2.32. The number of hydrogen-bond donors (Lipinski definition) is 0. The van der Waals surface area contributed by atoms with Crippen LogP contribution in [0.2, 0.25) is 0 Å². The lowest BCUT2D eigenvalue weighted by atomic mass is 10.2. The molecule has 1 aromatic heterocycles. The van der Waals surface area contributed by atoms with E-state index >= 15 is 0 Å². The molecule has 0 fully saturated rings. The van der Waals surface area contributed by atoms with Gasteiger partial charge in [0, 0.05) is 41.3 Å². The van der Waals surface area contributed by atoms with Crippen molar-refractivity contribution in [1.82, 2.24) is 9.55 Å². The van der Waals surface area contributed by atoms with E-state index in [1.807, 2.05) is 19.3 Å². The number of ether oxygens (including phenoxy) is 1. The molecule has 0 radical (unpaired) electrons. The molecule has 18 heavy (non-hydrogen) atoms. The molecular formula is C14H17IN2O. The van der Waals surface area contributed by atoms with Gasteiger partial charge in [0.05, 0.1) is 0 Å². The molecule has 96 valence electrons. The molecule has 0 saturated carbocycles. The van der Waals surface area contributed by atoms with Gasteiger partial charge in [0.15, 0.2) is 0 Å². The van der Waals surface area contributed by atoms with Crippen LogP contribution >= 0.6 is 22.6 Å². The molecule has 1 aromatic carbocycles. The first kappa shape index (κ1) is 13.5. The van der Waals surface area contributed by atoms with Crippen LogP contribution in [0.1, 0.15) is 13.3 Å². The smallest absolute Gasteiger partial charge is 0.139 e. The van der Waals surface area contributed by atoms with Gasteiger partial charge in [-0.05, 0) is 48.1 Å². The third-order valence-electron chi connectivity index (χ3n) is 2.69. The first-order valence-electron chi connectivity index (χ1n) is 6.16. The van der Waals surface area contributed by atoms with E-state index in [1.165, 1.54) is 9.13 Å². The molecule has 0 saturated heterocycles. The Kier molecular flexibility index (Phi) is 5.19. The van der Waals surface area contributed by atoms with Crippen molar-refractivity contribution in [3.8, 4) is 11.4 Å². The molecule has 0 N–H and O–H groups in total. The Morgan fingerprint density at radius 2 is 2.28 bits per heavy atom. The van der Waals surface area contributed by atoms with E-state index in [0.29, 0.717) is 0 Å². The summed E-state index contributed by atoms with van der Waals surface area (Å²) in [7, 11) is 0. The highest BCUT2D eigenvalue weighted by molar-refractivity contribution is 14.1. The van der Waals surface area contributed by atoms with Crippen LogP contribution in [-0.2, 0) is 11.3 Å². The Morgan fingerprint density at radius 1 is 1.39 bits per heavy atom. The molecule has 0 unspecified atom stereocenters. The number of imidazole rings is 1. The average Bonchev–Trinajstić information content (AvgIpc) is 2.83. The Hall–Kier alpha value is -0.880. The first-order valence-corrected chi connectivity index (χ1v) is 7.24. The number of nitrogens with zero attached hydrogens (tertiary/aromatic N) is 2. The minimum Gasteiger partial charge on any atom is -0.382 e. The molecule has 1 heterocycles. The van der Waals surface area contributed by atoms with Crippen LogP contribution in [0.15, 0.2) is 36.7 Å². The Labute approximate surface area is 121 Å². The summed E-state index contributed by atoms with van der Waals surface area (Å²) in [5.41, 5.74) is 1.17. The highest BCUT2D eigenvalue weighted by atomic mass is 127. The van der Waals surface area contributed by atoms with Gasteiger partial charge in [-0.1, -0.05) is 12.1 Å². The maximum atomic E-state index is 5.36. The van der Waals surface area contributed by atoms with Gasteiger partial charge in [-0.15, -0.1) is 0 Å². The number of aromatic nitrogens is 2. The van der Waals surface area contributed by atoms with Crippen molar-refractivity contribution >= 4 is 22.6 Å².